The maximum atomic E-state index is 9.93. The SMILES string of the molecule is CCCCCCCCCCCC(C)(C)N(O)CCC.Cl. The van der Waals surface area contributed by atoms with Gasteiger partial charge in [-0.15, -0.1) is 12.4 Å². The summed E-state index contributed by atoms with van der Waals surface area (Å²) in [4.78, 5) is 0. The minimum absolute atomic E-state index is 0. The Balaban J connectivity index is 0. The van der Waals surface area contributed by atoms with Crippen LogP contribution in [-0.2, 0) is 0 Å². The third-order valence-electron chi connectivity index (χ3n) is 4.03. The zero-order chi connectivity index (χ0) is 14.6. The van der Waals surface area contributed by atoms with E-state index < -0.39 is 0 Å². The fourth-order valence-electron chi connectivity index (χ4n) is 2.51. The summed E-state index contributed by atoms with van der Waals surface area (Å²) in [5.41, 5.74) is -0.0584. The van der Waals surface area contributed by atoms with Crippen molar-refractivity contribution in [3.8, 4) is 0 Å². The lowest BCUT2D eigenvalue weighted by Crippen LogP contribution is -2.41. The van der Waals surface area contributed by atoms with E-state index in [2.05, 4.69) is 27.7 Å². The fourth-order valence-corrected chi connectivity index (χ4v) is 2.51. The van der Waals surface area contributed by atoms with Crippen LogP contribution in [0, 0.1) is 0 Å². The molecule has 0 radical (unpaired) electrons. The van der Waals surface area contributed by atoms with Crippen molar-refractivity contribution in [1.29, 1.82) is 0 Å². The first-order valence-electron chi connectivity index (χ1n) is 8.51. The van der Waals surface area contributed by atoms with E-state index >= 15 is 0 Å². The average molecular weight is 308 g/mol. The van der Waals surface area contributed by atoms with Gasteiger partial charge in [-0.2, -0.15) is 5.06 Å². The monoisotopic (exact) mass is 307 g/mol. The Morgan fingerprint density at radius 3 is 1.65 bits per heavy atom. The summed E-state index contributed by atoms with van der Waals surface area (Å²) in [6.45, 7) is 9.45. The molecular weight excluding hydrogens is 270 g/mol. The van der Waals surface area contributed by atoms with Gasteiger partial charge in [0, 0.05) is 12.1 Å². The Morgan fingerprint density at radius 2 is 1.20 bits per heavy atom. The Labute approximate surface area is 133 Å². The highest BCUT2D eigenvalue weighted by Crippen LogP contribution is 2.21. The van der Waals surface area contributed by atoms with E-state index in [4.69, 9.17) is 0 Å². The highest BCUT2D eigenvalue weighted by atomic mass is 35.5. The van der Waals surface area contributed by atoms with Gasteiger partial charge < -0.3 is 5.21 Å². The summed E-state index contributed by atoms with van der Waals surface area (Å²) in [5.74, 6) is 0. The van der Waals surface area contributed by atoms with E-state index in [1.165, 1.54) is 62.9 Å². The summed E-state index contributed by atoms with van der Waals surface area (Å²) in [5, 5.41) is 11.5. The van der Waals surface area contributed by atoms with Crippen molar-refractivity contribution in [3.63, 3.8) is 0 Å². The standard InChI is InChI=1S/C17H37NO.ClH/c1-5-7-8-9-10-11-12-13-14-15-17(3,4)18(19)16-6-2;/h19H,5-16H2,1-4H3;1H. The Hall–Kier alpha value is 0.210. The minimum Gasteiger partial charge on any atom is -0.313 e. The predicted molar refractivity (Wildman–Crippen MR) is 92.0 cm³/mol. The molecule has 0 rings (SSSR count). The molecule has 124 valence electrons. The van der Waals surface area contributed by atoms with E-state index in [0.717, 1.165) is 19.4 Å². The first-order valence-corrected chi connectivity index (χ1v) is 8.51. The third-order valence-corrected chi connectivity index (χ3v) is 4.03. The number of hydrogen-bond donors (Lipinski definition) is 1. The fraction of sp³-hybridized carbons (Fsp3) is 1.00. The van der Waals surface area contributed by atoms with Crippen LogP contribution in [0.1, 0.15) is 98.3 Å². The van der Waals surface area contributed by atoms with Crippen LogP contribution in [0.25, 0.3) is 0 Å². The average Bonchev–Trinajstić information content (AvgIpc) is 2.37. The molecule has 0 atom stereocenters. The molecule has 0 heterocycles. The predicted octanol–water partition coefficient (Wildman–Crippen LogP) is 6.21. The first-order chi connectivity index (χ1) is 9.04. The smallest absolute Gasteiger partial charge is 0.0404 e. The Morgan fingerprint density at radius 1 is 0.750 bits per heavy atom. The molecule has 3 heteroatoms. The van der Waals surface area contributed by atoms with Crippen LogP contribution in [0.15, 0.2) is 0 Å². The van der Waals surface area contributed by atoms with Gasteiger partial charge in [-0.3, -0.25) is 0 Å². The van der Waals surface area contributed by atoms with Crippen molar-refractivity contribution in [2.24, 2.45) is 0 Å². The molecular formula is C17H38ClNO. The van der Waals surface area contributed by atoms with Crippen LogP contribution < -0.4 is 0 Å². The number of rotatable bonds is 13. The molecule has 0 aliphatic rings. The van der Waals surface area contributed by atoms with E-state index in [9.17, 15) is 5.21 Å². The Kier molecular flexibility index (Phi) is 15.9. The molecule has 0 saturated carbocycles. The molecule has 0 unspecified atom stereocenters. The molecule has 0 amide bonds. The summed E-state index contributed by atoms with van der Waals surface area (Å²) < 4.78 is 0. The number of hydroxylamine groups is 2. The summed E-state index contributed by atoms with van der Waals surface area (Å²) in [6.07, 6.45) is 14.4. The largest absolute Gasteiger partial charge is 0.313 e. The van der Waals surface area contributed by atoms with Crippen molar-refractivity contribution in [2.45, 2.75) is 104 Å². The van der Waals surface area contributed by atoms with E-state index in [-0.39, 0.29) is 17.9 Å². The molecule has 0 spiro atoms. The highest BCUT2D eigenvalue weighted by molar-refractivity contribution is 5.85. The van der Waals surface area contributed by atoms with Gasteiger partial charge in [-0.05, 0) is 26.7 Å². The van der Waals surface area contributed by atoms with Crippen molar-refractivity contribution < 1.29 is 5.21 Å². The third kappa shape index (κ3) is 12.0. The molecule has 0 aliphatic carbocycles. The lowest BCUT2D eigenvalue weighted by Gasteiger charge is -2.33. The lowest BCUT2D eigenvalue weighted by molar-refractivity contribution is -0.164. The van der Waals surface area contributed by atoms with Crippen molar-refractivity contribution >= 4 is 12.4 Å². The van der Waals surface area contributed by atoms with Crippen LogP contribution in [0.2, 0.25) is 0 Å². The first kappa shape index (κ1) is 22.5. The van der Waals surface area contributed by atoms with Gasteiger partial charge in [-0.1, -0.05) is 71.6 Å². The van der Waals surface area contributed by atoms with Gasteiger partial charge in [0.25, 0.3) is 0 Å². The molecule has 20 heavy (non-hydrogen) atoms. The van der Waals surface area contributed by atoms with Gasteiger partial charge in [0.05, 0.1) is 0 Å². The molecule has 0 bridgehead atoms. The lowest BCUT2D eigenvalue weighted by atomic mass is 9.95. The van der Waals surface area contributed by atoms with Gasteiger partial charge >= 0.3 is 0 Å². The van der Waals surface area contributed by atoms with Crippen LogP contribution >= 0.6 is 12.4 Å². The number of halogens is 1. The Bertz CT molecular complexity index is 197. The molecule has 0 aliphatic heterocycles. The topological polar surface area (TPSA) is 23.5 Å². The van der Waals surface area contributed by atoms with E-state index in [0.29, 0.717) is 0 Å². The molecule has 0 aromatic rings. The molecule has 1 N–H and O–H groups in total. The van der Waals surface area contributed by atoms with Gasteiger partial charge in [0.15, 0.2) is 0 Å². The zero-order valence-electron chi connectivity index (χ0n) is 14.3. The van der Waals surface area contributed by atoms with Gasteiger partial charge in [-0.25, -0.2) is 0 Å². The molecule has 2 nitrogen and oxygen atoms in total. The van der Waals surface area contributed by atoms with Crippen molar-refractivity contribution in [2.75, 3.05) is 6.54 Å². The summed E-state index contributed by atoms with van der Waals surface area (Å²) >= 11 is 0. The number of hydrogen-bond acceptors (Lipinski definition) is 2. The van der Waals surface area contributed by atoms with Gasteiger partial charge in [0.2, 0.25) is 0 Å². The van der Waals surface area contributed by atoms with Gasteiger partial charge in [0.1, 0.15) is 0 Å². The molecule has 0 fully saturated rings. The molecule has 0 saturated heterocycles. The van der Waals surface area contributed by atoms with Crippen molar-refractivity contribution in [3.05, 3.63) is 0 Å². The highest BCUT2D eigenvalue weighted by Gasteiger charge is 2.23. The number of unbranched alkanes of at least 4 members (excludes halogenated alkanes) is 8. The normalized spacial score (nSPS) is 11.7. The van der Waals surface area contributed by atoms with E-state index in [1.807, 2.05) is 0 Å². The summed E-state index contributed by atoms with van der Waals surface area (Å²) in [6, 6.07) is 0. The van der Waals surface area contributed by atoms with Crippen LogP contribution in [0.4, 0.5) is 0 Å². The maximum Gasteiger partial charge on any atom is 0.0404 e. The number of nitrogens with zero attached hydrogens (tertiary/aromatic N) is 1. The van der Waals surface area contributed by atoms with Crippen LogP contribution in [0.3, 0.4) is 0 Å². The molecule has 0 aromatic carbocycles. The summed E-state index contributed by atoms with van der Waals surface area (Å²) in [7, 11) is 0. The second-order valence-electron chi connectivity index (χ2n) is 6.51. The molecule has 0 aromatic heterocycles. The van der Waals surface area contributed by atoms with Crippen LogP contribution in [-0.4, -0.2) is 22.4 Å². The minimum atomic E-state index is -0.0584. The second-order valence-corrected chi connectivity index (χ2v) is 6.51. The zero-order valence-corrected chi connectivity index (χ0v) is 15.1. The second kappa shape index (κ2) is 14.2. The van der Waals surface area contributed by atoms with E-state index in [1.54, 1.807) is 0 Å². The maximum absolute atomic E-state index is 9.93. The van der Waals surface area contributed by atoms with Crippen LogP contribution in [0.5, 0.6) is 0 Å². The van der Waals surface area contributed by atoms with Crippen molar-refractivity contribution in [1.82, 2.24) is 5.06 Å². The quantitative estimate of drug-likeness (QED) is 0.323.